The van der Waals surface area contributed by atoms with Gasteiger partial charge in [-0.1, -0.05) is 57.9 Å². The predicted molar refractivity (Wildman–Crippen MR) is 163 cm³/mol. The van der Waals surface area contributed by atoms with Gasteiger partial charge < -0.3 is 24.6 Å². The average molecular weight is 560 g/mol. The van der Waals surface area contributed by atoms with Gasteiger partial charge in [-0.2, -0.15) is 0 Å². The molecule has 8 heteroatoms. The zero-order valence-electron chi connectivity index (χ0n) is 23.2. The SMILES string of the molecule is COc1ccccc1CN(P)CC(CNC(=O)COc1ccc(CCC(C)=O)cc1)Cc1c[nH]c2ccccc12. The number of amides is 1. The average Bonchev–Trinajstić information content (AvgIpc) is 3.37. The second-order valence-corrected chi connectivity index (χ2v) is 10.8. The first-order valence-electron chi connectivity index (χ1n) is 13.6. The molecule has 210 valence electrons. The number of carbonyl (C=O) groups is 2. The van der Waals surface area contributed by atoms with Gasteiger partial charge in [0.2, 0.25) is 0 Å². The molecule has 2 unspecified atom stereocenters. The largest absolute Gasteiger partial charge is 0.496 e. The Morgan fingerprint density at radius 1 is 1.00 bits per heavy atom. The van der Waals surface area contributed by atoms with Crippen LogP contribution in [0.25, 0.3) is 10.9 Å². The number of fused-ring (bicyclic) bond motifs is 1. The fourth-order valence-electron chi connectivity index (χ4n) is 4.79. The summed E-state index contributed by atoms with van der Waals surface area (Å²) < 4.78 is 13.4. The van der Waals surface area contributed by atoms with Crippen molar-refractivity contribution in [1.82, 2.24) is 15.0 Å². The summed E-state index contributed by atoms with van der Waals surface area (Å²) in [5.74, 6) is 1.66. The van der Waals surface area contributed by atoms with Crippen molar-refractivity contribution in [3.05, 3.63) is 95.7 Å². The van der Waals surface area contributed by atoms with Crippen LogP contribution in [0.5, 0.6) is 11.5 Å². The molecule has 0 spiro atoms. The van der Waals surface area contributed by atoms with Crippen molar-refractivity contribution in [2.24, 2.45) is 5.92 Å². The van der Waals surface area contributed by atoms with Crippen LogP contribution in [0.2, 0.25) is 0 Å². The van der Waals surface area contributed by atoms with Crippen LogP contribution in [0.15, 0.2) is 79.0 Å². The first-order valence-corrected chi connectivity index (χ1v) is 14.1. The third-order valence-electron chi connectivity index (χ3n) is 6.89. The molecule has 0 radical (unpaired) electrons. The van der Waals surface area contributed by atoms with Crippen LogP contribution in [0, 0.1) is 5.92 Å². The van der Waals surface area contributed by atoms with Gasteiger partial charge in [0.15, 0.2) is 6.61 Å². The number of benzene rings is 3. The molecule has 4 rings (SSSR count). The van der Waals surface area contributed by atoms with Crippen molar-refractivity contribution >= 4 is 32.0 Å². The Kier molecular flexibility index (Phi) is 10.7. The Hall–Kier alpha value is -3.67. The van der Waals surface area contributed by atoms with Crippen LogP contribution in [0.4, 0.5) is 0 Å². The van der Waals surface area contributed by atoms with Crippen molar-refractivity contribution in [3.8, 4) is 11.5 Å². The first-order chi connectivity index (χ1) is 19.4. The molecule has 0 aliphatic carbocycles. The number of ether oxygens (including phenoxy) is 2. The molecule has 2 N–H and O–H groups in total. The number of nitrogens with one attached hydrogen (secondary N) is 2. The van der Waals surface area contributed by atoms with E-state index in [1.54, 1.807) is 14.0 Å². The topological polar surface area (TPSA) is 83.7 Å². The van der Waals surface area contributed by atoms with Gasteiger partial charge in [-0.25, -0.2) is 0 Å². The summed E-state index contributed by atoms with van der Waals surface area (Å²) in [6, 6.07) is 23.8. The molecule has 0 bridgehead atoms. The second-order valence-electron chi connectivity index (χ2n) is 10.1. The molecule has 2 atom stereocenters. The Morgan fingerprint density at radius 2 is 1.75 bits per heavy atom. The van der Waals surface area contributed by atoms with E-state index in [-0.39, 0.29) is 24.2 Å². The van der Waals surface area contributed by atoms with E-state index in [0.29, 0.717) is 31.7 Å². The quantitative estimate of drug-likeness (QED) is 0.192. The van der Waals surface area contributed by atoms with Crippen LogP contribution in [-0.2, 0) is 29.0 Å². The van der Waals surface area contributed by atoms with E-state index in [1.807, 2.05) is 54.6 Å². The van der Waals surface area contributed by atoms with Gasteiger partial charge in [-0.3, -0.25) is 9.46 Å². The predicted octanol–water partition coefficient (Wildman–Crippen LogP) is 5.34. The summed E-state index contributed by atoms with van der Waals surface area (Å²) >= 11 is 0. The summed E-state index contributed by atoms with van der Waals surface area (Å²) in [7, 11) is 4.51. The van der Waals surface area contributed by atoms with E-state index in [0.717, 1.165) is 35.4 Å². The highest BCUT2D eigenvalue weighted by molar-refractivity contribution is 7.13. The van der Waals surface area contributed by atoms with Crippen LogP contribution in [0.1, 0.15) is 30.0 Å². The van der Waals surface area contributed by atoms with E-state index < -0.39 is 0 Å². The first kappa shape index (κ1) is 29.3. The molecule has 0 fully saturated rings. The second kappa shape index (κ2) is 14.6. The molecule has 1 amide bonds. The van der Waals surface area contributed by atoms with Crippen molar-refractivity contribution in [3.63, 3.8) is 0 Å². The Labute approximate surface area is 238 Å². The molecule has 4 aromatic rings. The Bertz CT molecular complexity index is 1400. The minimum atomic E-state index is -0.162. The molecule has 1 heterocycles. The molecule has 0 aliphatic heterocycles. The minimum Gasteiger partial charge on any atom is -0.496 e. The summed E-state index contributed by atoms with van der Waals surface area (Å²) in [5, 5.41) is 4.28. The number of Topliss-reactive ketones (excluding diaryl/α,β-unsaturated/α-hetero) is 1. The standard InChI is InChI=1S/C32H38N3O4P/c1-23(36)11-12-24-13-15-28(16-14-24)39-22-32(37)34-18-25(17-27-19-33-30-9-5-4-8-29(27)30)20-35(40)21-26-7-3-6-10-31(26)38-2/h3-10,13-16,19,25,33H,11-12,17-18,20-22,40H2,1-2H3,(H,34,37). The minimum absolute atomic E-state index is 0.0571. The highest BCUT2D eigenvalue weighted by atomic mass is 31.0. The number of methoxy groups -OCH3 is 1. The van der Waals surface area contributed by atoms with Gasteiger partial charge in [-0.05, 0) is 61.1 Å². The molecule has 0 saturated carbocycles. The number of H-pyrrole nitrogens is 1. The van der Waals surface area contributed by atoms with E-state index in [9.17, 15) is 9.59 Å². The number of para-hydroxylation sites is 2. The number of nitrogens with zero attached hydrogens (tertiary/aromatic N) is 1. The van der Waals surface area contributed by atoms with Crippen LogP contribution < -0.4 is 14.8 Å². The van der Waals surface area contributed by atoms with E-state index >= 15 is 0 Å². The third-order valence-corrected chi connectivity index (χ3v) is 7.28. The van der Waals surface area contributed by atoms with Crippen LogP contribution in [-0.4, -0.2) is 48.2 Å². The molecule has 40 heavy (non-hydrogen) atoms. The fourth-order valence-corrected chi connectivity index (χ4v) is 5.29. The molecule has 0 aliphatic rings. The van der Waals surface area contributed by atoms with Gasteiger partial charge in [0, 0.05) is 48.7 Å². The molecular formula is C32H38N3O4P. The zero-order chi connectivity index (χ0) is 28.3. The lowest BCUT2D eigenvalue weighted by molar-refractivity contribution is -0.123. The zero-order valence-corrected chi connectivity index (χ0v) is 24.3. The third kappa shape index (κ3) is 8.67. The van der Waals surface area contributed by atoms with Gasteiger partial charge in [0.1, 0.15) is 17.3 Å². The fraction of sp³-hybridized carbons (Fsp3) is 0.312. The number of rotatable bonds is 15. The van der Waals surface area contributed by atoms with E-state index in [1.165, 1.54) is 10.9 Å². The number of carbonyl (C=O) groups excluding carboxylic acids is 2. The lowest BCUT2D eigenvalue weighted by Crippen LogP contribution is -2.37. The molecule has 3 aromatic carbocycles. The number of ketones is 1. The van der Waals surface area contributed by atoms with Gasteiger partial charge in [0.25, 0.3) is 5.91 Å². The van der Waals surface area contributed by atoms with Crippen molar-refractivity contribution in [2.45, 2.75) is 32.7 Å². The molecule has 0 saturated heterocycles. The number of hydrogen-bond acceptors (Lipinski definition) is 5. The lowest BCUT2D eigenvalue weighted by atomic mass is 9.98. The molecular weight excluding hydrogens is 521 g/mol. The number of aromatic amines is 1. The maximum absolute atomic E-state index is 12.7. The summed E-state index contributed by atoms with van der Waals surface area (Å²) in [5.41, 5.74) is 4.52. The van der Waals surface area contributed by atoms with Crippen molar-refractivity contribution < 1.29 is 19.1 Å². The summed E-state index contributed by atoms with van der Waals surface area (Å²) in [6.07, 6.45) is 4.10. The lowest BCUT2D eigenvalue weighted by Gasteiger charge is -2.25. The molecule has 1 aromatic heterocycles. The van der Waals surface area contributed by atoms with Crippen molar-refractivity contribution in [2.75, 3.05) is 26.8 Å². The number of hydrogen-bond donors (Lipinski definition) is 2. The van der Waals surface area contributed by atoms with Gasteiger partial charge >= 0.3 is 0 Å². The highest BCUT2D eigenvalue weighted by Gasteiger charge is 2.18. The Balaban J connectivity index is 1.35. The number of aromatic nitrogens is 1. The van der Waals surface area contributed by atoms with Crippen LogP contribution in [0.3, 0.4) is 0 Å². The smallest absolute Gasteiger partial charge is 0.257 e. The maximum atomic E-state index is 12.7. The maximum Gasteiger partial charge on any atom is 0.257 e. The highest BCUT2D eigenvalue weighted by Crippen LogP contribution is 2.24. The van der Waals surface area contributed by atoms with Crippen LogP contribution >= 0.6 is 9.39 Å². The van der Waals surface area contributed by atoms with Crippen molar-refractivity contribution in [1.29, 1.82) is 0 Å². The van der Waals surface area contributed by atoms with E-state index in [2.05, 4.69) is 48.8 Å². The summed E-state index contributed by atoms with van der Waals surface area (Å²) in [6.45, 7) is 3.52. The Morgan fingerprint density at radius 3 is 2.52 bits per heavy atom. The monoisotopic (exact) mass is 559 g/mol. The van der Waals surface area contributed by atoms with E-state index in [4.69, 9.17) is 9.47 Å². The normalized spacial score (nSPS) is 11.9. The van der Waals surface area contributed by atoms with Gasteiger partial charge in [-0.15, -0.1) is 0 Å². The van der Waals surface area contributed by atoms with Gasteiger partial charge in [0.05, 0.1) is 7.11 Å². The number of aryl methyl sites for hydroxylation is 1. The molecule has 7 nitrogen and oxygen atoms in total. The summed E-state index contributed by atoms with van der Waals surface area (Å²) in [4.78, 5) is 27.3.